The Morgan fingerprint density at radius 2 is 2.07 bits per heavy atom. The second kappa shape index (κ2) is 3.87. The molecule has 0 aromatic carbocycles. The second-order valence-corrected chi connectivity index (χ2v) is 6.90. The summed E-state index contributed by atoms with van der Waals surface area (Å²) in [5.41, 5.74) is 0. The highest BCUT2D eigenvalue weighted by Gasteiger charge is 2.34. The number of hydrogen-bond acceptors (Lipinski definition) is 4. The molecule has 1 aliphatic carbocycles. The van der Waals surface area contributed by atoms with E-state index in [-0.39, 0.29) is 23.5 Å². The van der Waals surface area contributed by atoms with E-state index in [4.69, 9.17) is 0 Å². The van der Waals surface area contributed by atoms with Crippen LogP contribution in [0.15, 0.2) is 0 Å². The summed E-state index contributed by atoms with van der Waals surface area (Å²) in [5.74, 6) is 0.970. The summed E-state index contributed by atoms with van der Waals surface area (Å²) in [5, 5.41) is 0. The molecule has 1 aliphatic heterocycles. The summed E-state index contributed by atoms with van der Waals surface area (Å²) in [4.78, 5) is 13.6. The average molecular weight is 231 g/mol. The molecule has 0 aromatic rings. The molecule has 0 N–H and O–H groups in total. The van der Waals surface area contributed by atoms with Gasteiger partial charge in [0.1, 0.15) is 5.78 Å². The van der Waals surface area contributed by atoms with E-state index in [1.807, 2.05) is 11.8 Å². The van der Waals surface area contributed by atoms with Gasteiger partial charge in [-0.2, -0.15) is 0 Å². The lowest BCUT2D eigenvalue weighted by molar-refractivity contribution is -0.121. The Kier molecular flexibility index (Phi) is 2.85. The third-order valence-corrected chi connectivity index (χ3v) is 4.99. The predicted octanol–water partition coefficient (Wildman–Crippen LogP) is 0.0844. The van der Waals surface area contributed by atoms with E-state index in [1.54, 1.807) is 0 Å². The molecule has 0 radical (unpaired) electrons. The molecule has 5 heteroatoms. The highest BCUT2D eigenvalue weighted by atomic mass is 32.2. The van der Waals surface area contributed by atoms with Gasteiger partial charge in [-0.15, -0.1) is 0 Å². The lowest BCUT2D eigenvalue weighted by atomic mass is 10.2. The Hall–Kier alpha value is -0.420. The van der Waals surface area contributed by atoms with Crippen LogP contribution in [0.2, 0.25) is 0 Å². The molecule has 2 aliphatic rings. The molecule has 4 nitrogen and oxygen atoms in total. The van der Waals surface area contributed by atoms with Crippen molar-refractivity contribution in [1.29, 1.82) is 0 Å². The first-order valence-electron chi connectivity index (χ1n) is 5.45. The summed E-state index contributed by atoms with van der Waals surface area (Å²) in [7, 11) is -2.86. The molecular formula is C10H17NO3S. The van der Waals surface area contributed by atoms with E-state index in [9.17, 15) is 13.2 Å². The Bertz CT molecular complexity index is 359. The van der Waals surface area contributed by atoms with Gasteiger partial charge in [0.2, 0.25) is 0 Å². The molecule has 2 rings (SSSR count). The summed E-state index contributed by atoms with van der Waals surface area (Å²) < 4.78 is 22.7. The zero-order valence-corrected chi connectivity index (χ0v) is 9.79. The number of hydrogen-bond donors (Lipinski definition) is 0. The Morgan fingerprint density at radius 1 is 1.40 bits per heavy atom. The molecule has 1 saturated heterocycles. The largest absolute Gasteiger partial charge is 0.298 e. The third-order valence-electron chi connectivity index (χ3n) is 3.20. The van der Waals surface area contributed by atoms with E-state index in [2.05, 4.69) is 0 Å². The predicted molar refractivity (Wildman–Crippen MR) is 57.4 cm³/mol. The zero-order valence-electron chi connectivity index (χ0n) is 8.98. The van der Waals surface area contributed by atoms with Crippen LogP contribution in [0.5, 0.6) is 0 Å². The minimum atomic E-state index is -2.86. The minimum Gasteiger partial charge on any atom is -0.298 e. The van der Waals surface area contributed by atoms with Crippen molar-refractivity contribution >= 4 is 15.6 Å². The highest BCUT2D eigenvalue weighted by molar-refractivity contribution is 7.91. The van der Waals surface area contributed by atoms with Crippen LogP contribution in [0.1, 0.15) is 19.8 Å². The zero-order chi connectivity index (χ0) is 11.1. The second-order valence-electron chi connectivity index (χ2n) is 4.67. The Labute approximate surface area is 90.6 Å². The lowest BCUT2D eigenvalue weighted by Crippen LogP contribution is -2.48. The normalized spacial score (nSPS) is 31.4. The van der Waals surface area contributed by atoms with Gasteiger partial charge in [-0.25, -0.2) is 8.42 Å². The van der Waals surface area contributed by atoms with Gasteiger partial charge in [0.15, 0.2) is 9.84 Å². The average Bonchev–Trinajstić information content (AvgIpc) is 2.91. The maximum Gasteiger partial charge on any atom is 0.153 e. The first-order valence-corrected chi connectivity index (χ1v) is 7.27. The topological polar surface area (TPSA) is 54.5 Å². The van der Waals surface area contributed by atoms with Crippen molar-refractivity contribution < 1.29 is 13.2 Å². The minimum absolute atomic E-state index is 0.00792. The Morgan fingerprint density at radius 3 is 2.60 bits per heavy atom. The number of sulfone groups is 1. The summed E-state index contributed by atoms with van der Waals surface area (Å²) in [6, 6.07) is -0.00792. The molecule has 1 atom stereocenters. The van der Waals surface area contributed by atoms with Crippen molar-refractivity contribution in [3.8, 4) is 0 Å². The molecule has 0 spiro atoms. The van der Waals surface area contributed by atoms with E-state index in [1.165, 1.54) is 0 Å². The first-order chi connectivity index (χ1) is 6.98. The number of Topliss-reactive ketones (excluding diaryl/α,β-unsaturated/α-hetero) is 1. The van der Waals surface area contributed by atoms with Gasteiger partial charge in [0.25, 0.3) is 0 Å². The van der Waals surface area contributed by atoms with Crippen LogP contribution in [0, 0.1) is 5.92 Å². The molecule has 1 heterocycles. The molecule has 15 heavy (non-hydrogen) atoms. The fourth-order valence-electron chi connectivity index (χ4n) is 2.00. The van der Waals surface area contributed by atoms with Gasteiger partial charge >= 0.3 is 0 Å². The first kappa shape index (κ1) is 11.1. The van der Waals surface area contributed by atoms with Crippen molar-refractivity contribution in [2.75, 3.05) is 24.6 Å². The van der Waals surface area contributed by atoms with E-state index in [0.29, 0.717) is 18.9 Å². The van der Waals surface area contributed by atoms with Crippen LogP contribution in [0.3, 0.4) is 0 Å². The number of carbonyl (C=O) groups excluding carboxylic acids is 1. The number of rotatable bonds is 3. The third kappa shape index (κ3) is 2.78. The molecule has 1 saturated carbocycles. The van der Waals surface area contributed by atoms with Gasteiger partial charge in [-0.05, 0) is 19.8 Å². The smallest absolute Gasteiger partial charge is 0.153 e. The highest BCUT2D eigenvalue weighted by Crippen LogP contribution is 2.30. The summed E-state index contributed by atoms with van der Waals surface area (Å²) >= 11 is 0. The molecule has 2 fully saturated rings. The van der Waals surface area contributed by atoms with Gasteiger partial charge < -0.3 is 0 Å². The SMILES string of the molecule is CC1CS(=O)(=O)CCN1CC(=O)C1CC1. The van der Waals surface area contributed by atoms with Gasteiger partial charge in [0.05, 0.1) is 18.1 Å². The summed E-state index contributed by atoms with van der Waals surface area (Å²) in [6.45, 7) is 2.85. The molecular weight excluding hydrogens is 214 g/mol. The number of nitrogens with zero attached hydrogens (tertiary/aromatic N) is 1. The van der Waals surface area contributed by atoms with E-state index >= 15 is 0 Å². The van der Waals surface area contributed by atoms with Gasteiger partial charge in [-0.3, -0.25) is 9.69 Å². The van der Waals surface area contributed by atoms with E-state index < -0.39 is 9.84 Å². The monoisotopic (exact) mass is 231 g/mol. The molecule has 1 unspecified atom stereocenters. The Balaban J connectivity index is 1.90. The van der Waals surface area contributed by atoms with Crippen molar-refractivity contribution in [3.63, 3.8) is 0 Å². The van der Waals surface area contributed by atoms with Crippen LogP contribution in [-0.2, 0) is 14.6 Å². The quantitative estimate of drug-likeness (QED) is 0.690. The molecule has 0 aromatic heterocycles. The lowest BCUT2D eigenvalue weighted by Gasteiger charge is -2.32. The maximum absolute atomic E-state index is 11.6. The maximum atomic E-state index is 11.6. The molecule has 86 valence electrons. The molecule has 0 amide bonds. The molecule has 0 bridgehead atoms. The van der Waals surface area contributed by atoms with Crippen molar-refractivity contribution in [3.05, 3.63) is 0 Å². The number of ketones is 1. The van der Waals surface area contributed by atoms with Crippen LogP contribution in [-0.4, -0.2) is 49.7 Å². The van der Waals surface area contributed by atoms with Crippen LogP contribution in [0.4, 0.5) is 0 Å². The van der Waals surface area contributed by atoms with Crippen molar-refractivity contribution in [1.82, 2.24) is 4.90 Å². The van der Waals surface area contributed by atoms with Crippen LogP contribution >= 0.6 is 0 Å². The van der Waals surface area contributed by atoms with E-state index in [0.717, 1.165) is 12.8 Å². The van der Waals surface area contributed by atoms with Crippen LogP contribution in [0.25, 0.3) is 0 Å². The fraction of sp³-hybridized carbons (Fsp3) is 0.900. The standard InChI is InChI=1S/C10H17NO3S/c1-8-7-15(13,14)5-4-11(8)6-10(12)9-2-3-9/h8-9H,2-7H2,1H3. The van der Waals surface area contributed by atoms with Gasteiger partial charge in [0, 0.05) is 18.5 Å². The van der Waals surface area contributed by atoms with Crippen molar-refractivity contribution in [2.24, 2.45) is 5.92 Å². The van der Waals surface area contributed by atoms with Crippen LogP contribution < -0.4 is 0 Å². The number of carbonyl (C=O) groups is 1. The van der Waals surface area contributed by atoms with Crippen molar-refractivity contribution in [2.45, 2.75) is 25.8 Å². The summed E-state index contributed by atoms with van der Waals surface area (Å²) in [6.07, 6.45) is 2.05. The fourth-order valence-corrected chi connectivity index (χ4v) is 3.63. The van der Waals surface area contributed by atoms with Gasteiger partial charge in [-0.1, -0.05) is 0 Å².